The molecule has 0 bridgehead atoms. The van der Waals surface area contributed by atoms with Gasteiger partial charge in [0.25, 0.3) is 4.84 Å². The molecule has 0 aliphatic carbocycles. The zero-order valence-corrected chi connectivity index (χ0v) is 14.9. The number of halogens is 1. The van der Waals surface area contributed by atoms with E-state index in [4.69, 9.17) is 28.2 Å². The Morgan fingerprint density at radius 2 is 2.30 bits per heavy atom. The van der Waals surface area contributed by atoms with E-state index in [0.29, 0.717) is 24.0 Å². The Balaban J connectivity index is 1.78. The minimum absolute atomic E-state index is 0.0202. The summed E-state index contributed by atoms with van der Waals surface area (Å²) in [5.41, 5.74) is 0.744. The highest BCUT2D eigenvalue weighted by Gasteiger charge is 2.30. The highest BCUT2D eigenvalue weighted by Crippen LogP contribution is 2.22. The number of benzene rings is 1. The van der Waals surface area contributed by atoms with Gasteiger partial charge in [0.1, 0.15) is 0 Å². The van der Waals surface area contributed by atoms with Crippen molar-refractivity contribution in [1.82, 2.24) is 14.7 Å². The first-order chi connectivity index (χ1) is 10.8. The first-order valence-corrected chi connectivity index (χ1v) is 9.69. The Hall–Kier alpha value is -1.22. The van der Waals surface area contributed by atoms with E-state index in [1.165, 1.54) is 0 Å². The molecule has 124 valence electrons. The van der Waals surface area contributed by atoms with Crippen molar-refractivity contribution in [2.75, 3.05) is 18.6 Å². The third-order valence-corrected chi connectivity index (χ3v) is 6.15. The number of aromatic nitrogens is 2. The molecule has 9 heteroatoms. The summed E-state index contributed by atoms with van der Waals surface area (Å²) in [6.45, 7) is 0.378. The third-order valence-electron chi connectivity index (χ3n) is 3.87. The van der Waals surface area contributed by atoms with Gasteiger partial charge in [0.05, 0.1) is 18.2 Å². The highest BCUT2D eigenvalue weighted by atomic mass is 35.5. The maximum Gasteiger partial charge on any atom is 0.288 e. The Morgan fingerprint density at radius 1 is 1.52 bits per heavy atom. The summed E-state index contributed by atoms with van der Waals surface area (Å²) >= 11 is 11.2. The summed E-state index contributed by atoms with van der Waals surface area (Å²) in [7, 11) is -1.06. The van der Waals surface area contributed by atoms with E-state index in [-0.39, 0.29) is 22.4 Å². The zero-order chi connectivity index (χ0) is 16.6. The topological polar surface area (TPSA) is 68.3 Å². The van der Waals surface area contributed by atoms with Crippen LogP contribution < -0.4 is 0 Å². The largest absolute Gasteiger partial charge is 0.409 e. The van der Waals surface area contributed by atoms with Crippen LogP contribution >= 0.6 is 23.8 Å². The quantitative estimate of drug-likeness (QED) is 0.767. The van der Waals surface area contributed by atoms with Crippen LogP contribution in [0.5, 0.6) is 0 Å². The van der Waals surface area contributed by atoms with Gasteiger partial charge in [-0.3, -0.25) is 4.90 Å². The van der Waals surface area contributed by atoms with Crippen molar-refractivity contribution in [3.05, 3.63) is 34.1 Å². The molecule has 6 nitrogen and oxygen atoms in total. The molecule has 2 aromatic rings. The minimum atomic E-state index is -2.92. The molecule has 1 aliphatic heterocycles. The minimum Gasteiger partial charge on any atom is -0.409 e. The van der Waals surface area contributed by atoms with Gasteiger partial charge in [0.2, 0.25) is 5.89 Å². The zero-order valence-electron chi connectivity index (χ0n) is 12.5. The predicted molar refractivity (Wildman–Crippen MR) is 90.6 cm³/mol. The molecule has 1 aromatic carbocycles. The van der Waals surface area contributed by atoms with E-state index in [1.807, 2.05) is 24.1 Å². The fourth-order valence-corrected chi connectivity index (χ4v) is 4.76. The van der Waals surface area contributed by atoms with Crippen LogP contribution in [0.3, 0.4) is 0 Å². The summed E-state index contributed by atoms with van der Waals surface area (Å²) in [5, 5.41) is 4.95. The SMILES string of the molecule is CN(Cn1nc(-c2cccc(Cl)c2)oc1=S)[C@@H]1CCS(=O)(=O)C1. The van der Waals surface area contributed by atoms with E-state index < -0.39 is 9.84 Å². The molecule has 23 heavy (non-hydrogen) atoms. The van der Waals surface area contributed by atoms with Gasteiger partial charge in [0.15, 0.2) is 9.84 Å². The van der Waals surface area contributed by atoms with Crippen LogP contribution in [0.25, 0.3) is 11.5 Å². The Labute approximate surface area is 144 Å². The van der Waals surface area contributed by atoms with Gasteiger partial charge in [0, 0.05) is 16.6 Å². The molecular formula is C14H16ClN3O3S2. The summed E-state index contributed by atoms with van der Waals surface area (Å²) in [6.07, 6.45) is 0.630. The van der Waals surface area contributed by atoms with E-state index in [1.54, 1.807) is 16.8 Å². The molecular weight excluding hydrogens is 358 g/mol. The Bertz CT molecular complexity index is 875. The van der Waals surface area contributed by atoms with Gasteiger partial charge >= 0.3 is 0 Å². The number of rotatable bonds is 4. The van der Waals surface area contributed by atoms with Crippen LogP contribution in [0.1, 0.15) is 6.42 Å². The van der Waals surface area contributed by atoms with Crippen LogP contribution in [0.4, 0.5) is 0 Å². The van der Waals surface area contributed by atoms with Crippen LogP contribution in [0.2, 0.25) is 5.02 Å². The second-order valence-electron chi connectivity index (χ2n) is 5.64. The lowest BCUT2D eigenvalue weighted by Crippen LogP contribution is -2.34. The van der Waals surface area contributed by atoms with Crippen LogP contribution in [-0.4, -0.2) is 47.7 Å². The molecule has 1 atom stereocenters. The number of hydrogen-bond donors (Lipinski definition) is 0. The van der Waals surface area contributed by atoms with E-state index in [9.17, 15) is 8.42 Å². The van der Waals surface area contributed by atoms with Crippen molar-refractivity contribution in [2.45, 2.75) is 19.1 Å². The van der Waals surface area contributed by atoms with Gasteiger partial charge in [-0.25, -0.2) is 13.1 Å². The van der Waals surface area contributed by atoms with Crippen molar-refractivity contribution in [3.63, 3.8) is 0 Å². The monoisotopic (exact) mass is 373 g/mol. The second-order valence-corrected chi connectivity index (χ2v) is 8.65. The molecule has 2 heterocycles. The molecule has 0 amide bonds. The standard InChI is InChI=1S/C14H16ClN3O3S2/c1-17(12-5-6-23(19,20)8-12)9-18-14(22)21-13(16-18)10-3-2-4-11(15)7-10/h2-4,7,12H,5-6,8-9H2,1H3/t12-/m1/s1. The fourth-order valence-electron chi connectivity index (χ4n) is 2.58. The molecule has 0 radical (unpaired) electrons. The molecule has 1 aliphatic rings. The molecule has 3 rings (SSSR count). The molecule has 1 fully saturated rings. The average Bonchev–Trinajstić information content (AvgIpc) is 3.02. The Kier molecular flexibility index (Phi) is 4.59. The second kappa shape index (κ2) is 6.35. The van der Waals surface area contributed by atoms with Gasteiger partial charge in [-0.1, -0.05) is 17.7 Å². The van der Waals surface area contributed by atoms with Crippen molar-refractivity contribution >= 4 is 33.7 Å². The molecule has 0 spiro atoms. The van der Waals surface area contributed by atoms with E-state index in [0.717, 1.165) is 5.56 Å². The smallest absolute Gasteiger partial charge is 0.288 e. The molecule has 0 saturated carbocycles. The van der Waals surface area contributed by atoms with Gasteiger partial charge in [-0.2, -0.15) is 0 Å². The maximum absolute atomic E-state index is 11.6. The van der Waals surface area contributed by atoms with E-state index >= 15 is 0 Å². The summed E-state index contributed by atoms with van der Waals surface area (Å²) in [6, 6.07) is 7.15. The Morgan fingerprint density at radius 3 is 2.96 bits per heavy atom. The lowest BCUT2D eigenvalue weighted by molar-refractivity contribution is 0.194. The number of sulfone groups is 1. The lowest BCUT2D eigenvalue weighted by Gasteiger charge is -2.22. The van der Waals surface area contributed by atoms with Crippen molar-refractivity contribution in [1.29, 1.82) is 0 Å². The molecule has 0 unspecified atom stereocenters. The van der Waals surface area contributed by atoms with Crippen LogP contribution in [0, 0.1) is 4.84 Å². The van der Waals surface area contributed by atoms with Gasteiger partial charge < -0.3 is 4.42 Å². The summed E-state index contributed by atoms with van der Waals surface area (Å²) < 4.78 is 30.2. The maximum atomic E-state index is 11.6. The fraction of sp³-hybridized carbons (Fsp3) is 0.429. The van der Waals surface area contributed by atoms with Crippen LogP contribution in [0.15, 0.2) is 28.7 Å². The summed E-state index contributed by atoms with van der Waals surface area (Å²) in [4.78, 5) is 2.18. The first kappa shape index (κ1) is 16.6. The van der Waals surface area contributed by atoms with Crippen molar-refractivity contribution < 1.29 is 12.8 Å². The molecule has 1 aromatic heterocycles. The lowest BCUT2D eigenvalue weighted by atomic mass is 10.2. The molecule has 0 N–H and O–H groups in total. The normalized spacial score (nSPS) is 20.2. The number of nitrogens with zero attached hydrogens (tertiary/aromatic N) is 3. The first-order valence-electron chi connectivity index (χ1n) is 7.08. The van der Waals surface area contributed by atoms with E-state index in [2.05, 4.69) is 5.10 Å². The van der Waals surface area contributed by atoms with Gasteiger partial charge in [-0.05, 0) is 43.9 Å². The van der Waals surface area contributed by atoms with Crippen molar-refractivity contribution in [3.8, 4) is 11.5 Å². The summed E-state index contributed by atoms with van der Waals surface area (Å²) in [5.74, 6) is 0.806. The van der Waals surface area contributed by atoms with Crippen LogP contribution in [-0.2, 0) is 16.5 Å². The van der Waals surface area contributed by atoms with Gasteiger partial charge in [-0.15, -0.1) is 5.10 Å². The highest BCUT2D eigenvalue weighted by molar-refractivity contribution is 7.91. The molecule has 1 saturated heterocycles. The third kappa shape index (κ3) is 3.82. The van der Waals surface area contributed by atoms with Crippen molar-refractivity contribution in [2.24, 2.45) is 0 Å². The predicted octanol–water partition coefficient (Wildman–Crippen LogP) is 2.60. The number of hydrogen-bond acceptors (Lipinski definition) is 6. The average molecular weight is 374 g/mol.